The second kappa shape index (κ2) is 13.2. The molecule has 3 unspecified atom stereocenters. The number of fused-ring (bicyclic) bond motifs is 3. The van der Waals surface area contributed by atoms with Crippen molar-refractivity contribution in [3.63, 3.8) is 0 Å². The van der Waals surface area contributed by atoms with Gasteiger partial charge in [-0.15, -0.1) is 0 Å². The van der Waals surface area contributed by atoms with E-state index in [0.29, 0.717) is 24.2 Å². The Morgan fingerprint density at radius 1 is 1.17 bits per heavy atom. The second-order valence-electron chi connectivity index (χ2n) is 12.6. The number of aliphatic hydroxyl groups is 3. The summed E-state index contributed by atoms with van der Waals surface area (Å²) in [5, 5.41) is 57.4. The fourth-order valence-corrected chi connectivity index (χ4v) is 6.80. The van der Waals surface area contributed by atoms with Crippen LogP contribution in [0.1, 0.15) is 51.7 Å². The van der Waals surface area contributed by atoms with Crippen LogP contribution in [0.4, 0.5) is 11.4 Å². The number of phenolic OH excluding ortho intramolecular Hbond substituents is 1. The third kappa shape index (κ3) is 6.68. The molecule has 1 aromatic carbocycles. The average Bonchev–Trinajstić information content (AvgIpc) is 2.92. The molecule has 3 aliphatic carbocycles. The van der Waals surface area contributed by atoms with Crippen molar-refractivity contribution in [3.8, 4) is 5.75 Å². The minimum absolute atomic E-state index is 0.0421. The lowest BCUT2D eigenvalue weighted by Crippen LogP contribution is -2.65. The topological polar surface area (TPSA) is 282 Å². The number of ketones is 2. The molecule has 0 heterocycles. The number of hydrogen-bond acceptors (Lipinski definition) is 13. The third-order valence-electron chi connectivity index (χ3n) is 8.87. The van der Waals surface area contributed by atoms with Gasteiger partial charge in [0.15, 0.2) is 11.4 Å². The molecule has 0 saturated heterocycles. The summed E-state index contributed by atoms with van der Waals surface area (Å²) in [5.41, 5.74) is 1.16. The van der Waals surface area contributed by atoms with Gasteiger partial charge >= 0.3 is 16.1 Å². The van der Waals surface area contributed by atoms with Crippen LogP contribution in [0.3, 0.4) is 0 Å². The number of carbonyl (C=O) groups excluding carboxylic acids is 3. The van der Waals surface area contributed by atoms with E-state index in [-0.39, 0.29) is 35.9 Å². The van der Waals surface area contributed by atoms with Crippen LogP contribution in [0, 0.1) is 27.9 Å². The zero-order valence-electron chi connectivity index (χ0n) is 26.7. The van der Waals surface area contributed by atoms with Gasteiger partial charge in [0.1, 0.15) is 17.1 Å². The van der Waals surface area contributed by atoms with Crippen LogP contribution in [0.25, 0.3) is 5.76 Å². The van der Waals surface area contributed by atoms with Gasteiger partial charge in [0.2, 0.25) is 11.5 Å². The number of aromatic hydroxyl groups is 1. The largest absolute Gasteiger partial charge is 0.508 e. The highest BCUT2D eigenvalue weighted by Gasteiger charge is 2.64. The number of nitrogens with two attached hydrogens (primary N) is 1. The number of nitrogens with zero attached hydrogens (tertiary/aromatic N) is 3. The van der Waals surface area contributed by atoms with Crippen molar-refractivity contribution in [2.24, 2.45) is 23.5 Å². The fraction of sp³-hybridized carbons (Fsp3) is 0.552. The molecule has 47 heavy (non-hydrogen) atoms. The number of aliphatic hydroxyl groups excluding tert-OH is 2. The highest BCUT2D eigenvalue weighted by molar-refractivity contribution is 7.79. The lowest BCUT2D eigenvalue weighted by molar-refractivity contribution is -0.385. The molecular weight excluding hydrogens is 644 g/mol. The molecule has 0 aromatic heterocycles. The molecular formula is C29H40N4O13S. The van der Waals surface area contributed by atoms with Crippen LogP contribution in [-0.4, -0.2) is 104 Å². The number of anilines is 1. The molecule has 260 valence electrons. The summed E-state index contributed by atoms with van der Waals surface area (Å²) in [6, 6.07) is 0.00182. The number of benzene rings is 1. The van der Waals surface area contributed by atoms with Gasteiger partial charge in [-0.25, -0.2) is 0 Å². The Kier molecular flexibility index (Phi) is 10.5. The van der Waals surface area contributed by atoms with Crippen molar-refractivity contribution in [1.29, 1.82) is 0 Å². The van der Waals surface area contributed by atoms with Gasteiger partial charge in [-0.05, 0) is 57.7 Å². The maximum absolute atomic E-state index is 14.1. The van der Waals surface area contributed by atoms with Gasteiger partial charge in [-0.3, -0.25) is 38.5 Å². The van der Waals surface area contributed by atoms with Gasteiger partial charge in [-0.1, -0.05) is 20.8 Å². The van der Waals surface area contributed by atoms with Crippen LogP contribution in [0.5, 0.6) is 5.75 Å². The van der Waals surface area contributed by atoms with E-state index in [1.165, 1.54) is 25.1 Å². The zero-order valence-corrected chi connectivity index (χ0v) is 27.5. The highest BCUT2D eigenvalue weighted by atomic mass is 32.3. The van der Waals surface area contributed by atoms with Gasteiger partial charge in [0, 0.05) is 35.8 Å². The maximum Gasteiger partial charge on any atom is 0.394 e. The Bertz CT molecular complexity index is 1680. The number of carbonyl (C=O) groups is 3. The highest BCUT2D eigenvalue weighted by Crippen LogP contribution is 2.55. The summed E-state index contributed by atoms with van der Waals surface area (Å²) in [4.78, 5) is 54.2. The minimum Gasteiger partial charge on any atom is -0.508 e. The number of hydrogen-bond donors (Lipinski definition) is 7. The summed E-state index contributed by atoms with van der Waals surface area (Å²) in [6.07, 6.45) is 0.664. The number of primary amides is 1. The predicted octanol–water partition coefficient (Wildman–Crippen LogP) is 1.48. The first kappa shape index (κ1) is 37.4. The van der Waals surface area contributed by atoms with Crippen LogP contribution in [0.15, 0.2) is 23.0 Å². The number of nitro benzene ring substituents is 1. The summed E-state index contributed by atoms with van der Waals surface area (Å²) in [5.74, 6) is -7.97. The number of Topliss-reactive ketones (excluding diaryl/α,β-unsaturated/α-hetero) is 2. The molecule has 0 radical (unpaired) electrons. The van der Waals surface area contributed by atoms with Crippen molar-refractivity contribution in [2.45, 2.75) is 64.6 Å². The first-order chi connectivity index (χ1) is 21.5. The van der Waals surface area contributed by atoms with Crippen molar-refractivity contribution < 1.29 is 57.3 Å². The van der Waals surface area contributed by atoms with E-state index in [0.717, 1.165) is 0 Å². The third-order valence-corrected chi connectivity index (χ3v) is 8.87. The molecule has 8 N–H and O–H groups in total. The molecule has 1 fully saturated rings. The monoisotopic (exact) mass is 684 g/mol. The molecule has 17 nitrogen and oxygen atoms in total. The van der Waals surface area contributed by atoms with E-state index in [1.54, 1.807) is 0 Å². The van der Waals surface area contributed by atoms with E-state index in [9.17, 15) is 44.9 Å². The molecule has 0 bridgehead atoms. The predicted molar refractivity (Wildman–Crippen MR) is 167 cm³/mol. The first-order valence-corrected chi connectivity index (χ1v) is 16.0. The number of phenols is 1. The Morgan fingerprint density at radius 2 is 1.72 bits per heavy atom. The van der Waals surface area contributed by atoms with Crippen LogP contribution >= 0.6 is 0 Å². The number of amides is 1. The molecule has 0 spiro atoms. The molecule has 5 atom stereocenters. The van der Waals surface area contributed by atoms with Crippen molar-refractivity contribution >= 4 is 45.0 Å². The normalized spacial score (nSPS) is 24.7. The second-order valence-corrected chi connectivity index (χ2v) is 13.5. The summed E-state index contributed by atoms with van der Waals surface area (Å²) in [7, 11) is -1.61. The Morgan fingerprint density at radius 3 is 2.17 bits per heavy atom. The van der Waals surface area contributed by atoms with Crippen molar-refractivity contribution in [3.05, 3.63) is 44.2 Å². The molecule has 4 rings (SSSR count). The Hall–Kier alpha value is -4.10. The molecule has 18 heteroatoms. The van der Waals surface area contributed by atoms with E-state index < -0.39 is 84.8 Å². The molecule has 1 amide bonds. The maximum atomic E-state index is 14.1. The zero-order chi connectivity index (χ0) is 36.1. The van der Waals surface area contributed by atoms with E-state index in [1.807, 2.05) is 32.6 Å². The standard InChI is InChI=1S/C29H38N4O9.H2O4S/c1-7-13(4)32(11-12(2)3)17-10-18(33(41)42)23(34)20-15(17)8-14-9-16-22(31(5)6)25(36)21(28(30)39)27(38)29(16,40)26(37)19(14)24(20)35;1-5(2,3)4/h10,12-14,16,22,34-35,38,40H,7-9,11H2,1-6H3,(H2,30,39);(H2,1,2,3,4)/t13?,14?,16?,22-,29-;/m0./s1. The molecule has 1 saturated carbocycles. The van der Waals surface area contributed by atoms with Crippen LogP contribution in [0.2, 0.25) is 0 Å². The molecule has 1 aromatic rings. The van der Waals surface area contributed by atoms with E-state index in [2.05, 4.69) is 0 Å². The van der Waals surface area contributed by atoms with Gasteiger partial charge in [0.25, 0.3) is 5.91 Å². The number of rotatable bonds is 8. The van der Waals surface area contributed by atoms with Crippen LogP contribution < -0.4 is 10.6 Å². The van der Waals surface area contributed by atoms with Gasteiger partial charge < -0.3 is 31.1 Å². The van der Waals surface area contributed by atoms with E-state index in [4.69, 9.17) is 23.3 Å². The summed E-state index contributed by atoms with van der Waals surface area (Å²) >= 11 is 0. The van der Waals surface area contributed by atoms with Gasteiger partial charge in [-0.2, -0.15) is 8.42 Å². The first-order valence-electron chi connectivity index (χ1n) is 14.6. The lowest BCUT2D eigenvalue weighted by atomic mass is 9.57. The van der Waals surface area contributed by atoms with Gasteiger partial charge in [0.05, 0.1) is 16.5 Å². The Labute approximate surface area is 270 Å². The molecule has 0 aliphatic heterocycles. The van der Waals surface area contributed by atoms with Crippen molar-refractivity contribution in [2.75, 3.05) is 25.5 Å². The van der Waals surface area contributed by atoms with Crippen LogP contribution in [-0.2, 0) is 31.2 Å². The van der Waals surface area contributed by atoms with E-state index >= 15 is 0 Å². The van der Waals surface area contributed by atoms with Crippen molar-refractivity contribution in [1.82, 2.24) is 4.90 Å². The molecule has 3 aliphatic rings. The summed E-state index contributed by atoms with van der Waals surface area (Å²) < 4.78 is 31.6. The summed E-state index contributed by atoms with van der Waals surface area (Å²) in [6.45, 7) is 8.43. The SMILES string of the molecule is CCC(C)N(CC(C)C)c1cc([N+](=O)[O-])c(O)c2c1CC1CC3[C@H](N(C)C)C(=O)C(C(N)=O)=C(O)[C@@]3(O)C(=O)C1=C2O.O=S(=O)(O)O. The number of nitro groups is 1. The smallest absolute Gasteiger partial charge is 0.394 e. The Balaban J connectivity index is 0.00000111. The lowest BCUT2D eigenvalue weighted by Gasteiger charge is -2.50. The fourth-order valence-electron chi connectivity index (χ4n) is 6.80. The minimum atomic E-state index is -4.67. The average molecular weight is 685 g/mol. The quantitative estimate of drug-likeness (QED) is 0.0883. The number of likely N-dealkylation sites (N-methyl/N-ethyl adjacent to an activating group) is 1.